The smallest absolute Gasteiger partial charge is 0.735 e. The van der Waals surface area contributed by atoms with E-state index < -0.39 is 30.9 Å². The third-order valence-corrected chi connectivity index (χ3v) is 5.00. The summed E-state index contributed by atoms with van der Waals surface area (Å²) in [4.78, 5) is 1.83. The van der Waals surface area contributed by atoms with Gasteiger partial charge in [0.25, 0.3) is 0 Å². The van der Waals surface area contributed by atoms with Gasteiger partial charge in [-0.3, -0.25) is 0 Å². The molecule has 0 amide bonds. The standard InChI is InChI=1S/C7H16N2O6S2.2Na/c10-16(11,12)9(17(13,14)15)7-6-8-4-2-1-3-5-8;;/h1-7H2,(H,10,11,12)(H,13,14,15);;/q;2*+1/p-2. The summed E-state index contributed by atoms with van der Waals surface area (Å²) in [6, 6.07) is 0. The molecule has 0 radical (unpaired) electrons. The Kier molecular flexibility index (Phi) is 11.7. The molecular formula is C7H14N2Na2O6S2. The Morgan fingerprint density at radius 2 is 1.32 bits per heavy atom. The molecule has 0 aromatic rings. The second kappa shape index (κ2) is 9.70. The third-order valence-electron chi connectivity index (χ3n) is 2.55. The van der Waals surface area contributed by atoms with Gasteiger partial charge in [0.1, 0.15) is 0 Å². The Labute approximate surface area is 158 Å². The minimum atomic E-state index is -5.27. The summed E-state index contributed by atoms with van der Waals surface area (Å²) < 4.78 is 63.2. The summed E-state index contributed by atoms with van der Waals surface area (Å²) in [5.74, 6) is 0. The first kappa shape index (κ1) is 23.0. The van der Waals surface area contributed by atoms with E-state index in [-0.39, 0.29) is 65.7 Å². The molecule has 0 spiro atoms. The van der Waals surface area contributed by atoms with E-state index in [1.165, 1.54) is 0 Å². The summed E-state index contributed by atoms with van der Waals surface area (Å²) >= 11 is 0. The van der Waals surface area contributed by atoms with Crippen LogP contribution < -0.4 is 59.1 Å². The molecule has 0 saturated carbocycles. The molecule has 0 aromatic carbocycles. The number of likely N-dealkylation sites (tertiary alicyclic amines) is 1. The van der Waals surface area contributed by atoms with E-state index in [2.05, 4.69) is 0 Å². The zero-order chi connectivity index (χ0) is 13.1. The van der Waals surface area contributed by atoms with Crippen LogP contribution in [0, 0.1) is 0 Å². The first-order valence-electron chi connectivity index (χ1n) is 5.13. The molecule has 0 aromatic heterocycles. The molecule has 8 nitrogen and oxygen atoms in total. The maximum Gasteiger partial charge on any atom is 1.00 e. The fourth-order valence-electron chi connectivity index (χ4n) is 1.74. The largest absolute Gasteiger partial charge is 1.00 e. The van der Waals surface area contributed by atoms with Gasteiger partial charge in [-0.05, 0) is 25.9 Å². The van der Waals surface area contributed by atoms with Gasteiger partial charge in [-0.2, -0.15) is 0 Å². The number of nitrogens with zero attached hydrogens (tertiary/aromatic N) is 2. The number of hydrogen-bond acceptors (Lipinski definition) is 7. The van der Waals surface area contributed by atoms with Crippen LogP contribution >= 0.6 is 0 Å². The van der Waals surface area contributed by atoms with Crippen LogP contribution in [0.4, 0.5) is 0 Å². The molecule has 12 heteroatoms. The van der Waals surface area contributed by atoms with Crippen molar-refractivity contribution < 1.29 is 85.1 Å². The molecule has 1 fully saturated rings. The molecule has 1 saturated heterocycles. The van der Waals surface area contributed by atoms with Crippen molar-refractivity contribution in [3.05, 3.63) is 0 Å². The van der Waals surface area contributed by atoms with Crippen molar-refractivity contribution in [3.63, 3.8) is 0 Å². The topological polar surface area (TPSA) is 121 Å². The van der Waals surface area contributed by atoms with Crippen molar-refractivity contribution in [1.29, 1.82) is 0 Å². The number of rotatable bonds is 5. The van der Waals surface area contributed by atoms with Crippen LogP contribution in [0.2, 0.25) is 0 Å². The van der Waals surface area contributed by atoms with Crippen LogP contribution in [-0.2, 0) is 20.6 Å². The normalized spacial score (nSPS) is 17.6. The molecule has 0 bridgehead atoms. The zero-order valence-electron chi connectivity index (χ0n) is 11.1. The molecule has 1 aliphatic rings. The summed E-state index contributed by atoms with van der Waals surface area (Å²) in [6.45, 7) is 0.887. The van der Waals surface area contributed by atoms with E-state index in [1.807, 2.05) is 4.90 Å². The van der Waals surface area contributed by atoms with Gasteiger partial charge in [-0.1, -0.05) is 6.42 Å². The van der Waals surface area contributed by atoms with E-state index in [0.717, 1.165) is 19.3 Å². The predicted octanol–water partition coefficient (Wildman–Crippen LogP) is -7.30. The average molecular weight is 332 g/mol. The fraction of sp³-hybridized carbons (Fsp3) is 1.00. The molecule has 1 heterocycles. The van der Waals surface area contributed by atoms with Crippen molar-refractivity contribution in [1.82, 2.24) is 8.61 Å². The minimum Gasteiger partial charge on any atom is -0.735 e. The third kappa shape index (κ3) is 8.69. The van der Waals surface area contributed by atoms with Crippen LogP contribution in [0.3, 0.4) is 0 Å². The van der Waals surface area contributed by atoms with Crippen LogP contribution in [0.5, 0.6) is 0 Å². The molecule has 1 rings (SSSR count). The summed E-state index contributed by atoms with van der Waals surface area (Å²) in [5.41, 5.74) is 0. The van der Waals surface area contributed by atoms with Crippen LogP contribution in [0.1, 0.15) is 19.3 Å². The summed E-state index contributed by atoms with van der Waals surface area (Å²) in [6.07, 6.45) is 2.95. The Morgan fingerprint density at radius 3 is 1.68 bits per heavy atom. The van der Waals surface area contributed by atoms with Gasteiger partial charge < -0.3 is 14.0 Å². The van der Waals surface area contributed by atoms with E-state index in [4.69, 9.17) is 0 Å². The van der Waals surface area contributed by atoms with Gasteiger partial charge in [0.15, 0.2) is 20.6 Å². The predicted molar refractivity (Wildman–Crippen MR) is 56.4 cm³/mol. The SMILES string of the molecule is O=S(=O)([O-])N(CCN1CCCCC1)S(=O)(=O)[O-].[Na+].[Na+]. The average Bonchev–Trinajstić information content (AvgIpc) is 2.15. The van der Waals surface area contributed by atoms with E-state index in [0.29, 0.717) is 13.1 Å². The quantitative estimate of drug-likeness (QED) is 0.362. The zero-order valence-corrected chi connectivity index (χ0v) is 16.7. The fourth-order valence-corrected chi connectivity index (χ4v) is 3.25. The molecule has 19 heavy (non-hydrogen) atoms. The van der Waals surface area contributed by atoms with Crippen LogP contribution in [0.15, 0.2) is 0 Å². The molecular weight excluding hydrogens is 318 g/mol. The molecule has 102 valence electrons. The van der Waals surface area contributed by atoms with Crippen LogP contribution in [0.25, 0.3) is 0 Å². The van der Waals surface area contributed by atoms with Crippen molar-refractivity contribution in [3.8, 4) is 0 Å². The van der Waals surface area contributed by atoms with Crippen LogP contribution in [-0.4, -0.2) is 60.7 Å². The second-order valence-electron chi connectivity index (χ2n) is 3.81. The van der Waals surface area contributed by atoms with E-state index >= 15 is 0 Å². The summed E-state index contributed by atoms with van der Waals surface area (Å²) in [7, 11) is -10.5. The summed E-state index contributed by atoms with van der Waals surface area (Å²) in [5, 5.41) is 0. The van der Waals surface area contributed by atoms with Gasteiger partial charge in [-0.25, -0.2) is 16.8 Å². The maximum absolute atomic E-state index is 10.6. The van der Waals surface area contributed by atoms with Gasteiger partial charge in [-0.15, -0.1) is 3.71 Å². The molecule has 0 unspecified atom stereocenters. The second-order valence-corrected chi connectivity index (χ2v) is 6.64. The molecule has 0 atom stereocenters. The van der Waals surface area contributed by atoms with Gasteiger partial charge in [0.05, 0.1) is 0 Å². The minimum absolute atomic E-state index is 0. The van der Waals surface area contributed by atoms with Crippen molar-refractivity contribution in [2.75, 3.05) is 26.2 Å². The maximum atomic E-state index is 10.6. The first-order chi connectivity index (χ1) is 7.71. The van der Waals surface area contributed by atoms with E-state index in [9.17, 15) is 25.9 Å². The Bertz CT molecular complexity index is 416. The van der Waals surface area contributed by atoms with Gasteiger partial charge >= 0.3 is 59.1 Å². The molecule has 0 N–H and O–H groups in total. The Hall–Kier alpha value is 1.74. The van der Waals surface area contributed by atoms with Gasteiger partial charge in [0.2, 0.25) is 0 Å². The Balaban J connectivity index is 0. The number of piperidine rings is 1. The van der Waals surface area contributed by atoms with Crippen molar-refractivity contribution >= 4 is 20.6 Å². The van der Waals surface area contributed by atoms with E-state index in [1.54, 1.807) is 0 Å². The monoisotopic (exact) mass is 332 g/mol. The van der Waals surface area contributed by atoms with Crippen molar-refractivity contribution in [2.24, 2.45) is 0 Å². The number of hydrogen-bond donors (Lipinski definition) is 0. The first-order valence-corrected chi connectivity index (χ1v) is 7.86. The Morgan fingerprint density at radius 1 is 0.895 bits per heavy atom. The van der Waals surface area contributed by atoms with Gasteiger partial charge in [0, 0.05) is 13.1 Å². The molecule has 1 aliphatic heterocycles. The molecule has 0 aliphatic carbocycles. The van der Waals surface area contributed by atoms with Crippen molar-refractivity contribution in [2.45, 2.75) is 19.3 Å².